The lowest BCUT2D eigenvalue weighted by Crippen LogP contribution is -2.36. The molecule has 0 radical (unpaired) electrons. The summed E-state index contributed by atoms with van der Waals surface area (Å²) in [6, 6.07) is 14.7. The number of halogens is 1. The van der Waals surface area contributed by atoms with Crippen LogP contribution in [0, 0.1) is 5.82 Å². The fourth-order valence-corrected chi connectivity index (χ4v) is 2.61. The van der Waals surface area contributed by atoms with Gasteiger partial charge in [-0.25, -0.2) is 9.38 Å². The zero-order valence-electron chi connectivity index (χ0n) is 16.7. The lowest BCUT2D eigenvalue weighted by Gasteiger charge is -2.12. The summed E-state index contributed by atoms with van der Waals surface area (Å²) in [4.78, 5) is 4.62. The normalized spacial score (nSPS) is 11.5. The van der Waals surface area contributed by atoms with Crippen LogP contribution in [0.15, 0.2) is 53.5 Å². The van der Waals surface area contributed by atoms with E-state index in [1.807, 2.05) is 38.1 Å². The van der Waals surface area contributed by atoms with Crippen molar-refractivity contribution in [2.24, 2.45) is 4.99 Å². The number of rotatable bonds is 11. The second-order valence-corrected chi connectivity index (χ2v) is 6.25. The predicted molar refractivity (Wildman–Crippen MR) is 111 cm³/mol. The third-order valence-corrected chi connectivity index (χ3v) is 3.95. The first-order valence-corrected chi connectivity index (χ1v) is 9.71. The number of benzene rings is 2. The Hall–Kier alpha value is -2.44. The second kappa shape index (κ2) is 12.9. The van der Waals surface area contributed by atoms with E-state index in [0.717, 1.165) is 23.2 Å². The third kappa shape index (κ3) is 8.50. The fraction of sp³-hybridized carbons (Fsp3) is 0.409. The van der Waals surface area contributed by atoms with Gasteiger partial charge in [0.1, 0.15) is 5.82 Å². The summed E-state index contributed by atoms with van der Waals surface area (Å²) in [5.74, 6) is 0.464. The molecule has 152 valence electrons. The molecule has 0 aromatic heterocycles. The van der Waals surface area contributed by atoms with Crippen molar-refractivity contribution in [1.29, 1.82) is 0 Å². The first-order valence-electron chi connectivity index (χ1n) is 9.71. The van der Waals surface area contributed by atoms with E-state index in [1.54, 1.807) is 6.07 Å². The highest BCUT2D eigenvalue weighted by Gasteiger charge is 2.01. The molecule has 5 nitrogen and oxygen atoms in total. The van der Waals surface area contributed by atoms with Crippen LogP contribution in [-0.4, -0.2) is 32.3 Å². The fourth-order valence-electron chi connectivity index (χ4n) is 2.61. The van der Waals surface area contributed by atoms with E-state index in [9.17, 15) is 4.39 Å². The van der Waals surface area contributed by atoms with Crippen LogP contribution < -0.4 is 10.6 Å². The van der Waals surface area contributed by atoms with Gasteiger partial charge in [-0.15, -0.1) is 0 Å². The molecule has 0 atom stereocenters. The van der Waals surface area contributed by atoms with Crippen LogP contribution in [0.5, 0.6) is 0 Å². The van der Waals surface area contributed by atoms with E-state index < -0.39 is 0 Å². The van der Waals surface area contributed by atoms with Crippen molar-refractivity contribution < 1.29 is 13.9 Å². The summed E-state index contributed by atoms with van der Waals surface area (Å²) < 4.78 is 24.2. The van der Waals surface area contributed by atoms with Gasteiger partial charge in [-0.3, -0.25) is 0 Å². The Bertz CT molecular complexity index is 737. The van der Waals surface area contributed by atoms with Crippen LogP contribution in [0.2, 0.25) is 0 Å². The first-order chi connectivity index (χ1) is 13.7. The molecule has 6 heteroatoms. The molecule has 2 aromatic rings. The Morgan fingerprint density at radius 3 is 2.46 bits per heavy atom. The Balaban J connectivity index is 1.88. The highest BCUT2D eigenvalue weighted by atomic mass is 19.1. The van der Waals surface area contributed by atoms with Gasteiger partial charge in [-0.1, -0.05) is 36.4 Å². The average molecular weight is 387 g/mol. The molecule has 0 aliphatic rings. The van der Waals surface area contributed by atoms with Crippen molar-refractivity contribution in [3.63, 3.8) is 0 Å². The Morgan fingerprint density at radius 1 is 0.929 bits per heavy atom. The molecule has 0 bridgehead atoms. The maximum atomic E-state index is 13.3. The van der Waals surface area contributed by atoms with Gasteiger partial charge in [0.05, 0.1) is 26.4 Å². The summed E-state index contributed by atoms with van der Waals surface area (Å²) in [6.45, 7) is 8.26. The number of hydrogen-bond acceptors (Lipinski definition) is 3. The quantitative estimate of drug-likeness (QED) is 0.351. The molecule has 2 N–H and O–H groups in total. The molecule has 0 fully saturated rings. The van der Waals surface area contributed by atoms with Gasteiger partial charge in [0.25, 0.3) is 0 Å². The molecule has 2 aromatic carbocycles. The Kier molecular flexibility index (Phi) is 10.0. The minimum Gasteiger partial charge on any atom is -0.379 e. The monoisotopic (exact) mass is 387 g/mol. The minimum atomic E-state index is -0.235. The van der Waals surface area contributed by atoms with Gasteiger partial charge in [0, 0.05) is 19.7 Å². The lowest BCUT2D eigenvalue weighted by atomic mass is 10.1. The maximum Gasteiger partial charge on any atom is 0.191 e. The summed E-state index contributed by atoms with van der Waals surface area (Å²) in [6.07, 6.45) is 0. The predicted octanol–water partition coefficient (Wildman–Crippen LogP) is 3.63. The molecule has 28 heavy (non-hydrogen) atoms. The smallest absolute Gasteiger partial charge is 0.191 e. The summed E-state index contributed by atoms with van der Waals surface area (Å²) >= 11 is 0. The first kappa shape index (κ1) is 21.9. The highest BCUT2D eigenvalue weighted by Crippen LogP contribution is 2.08. The third-order valence-electron chi connectivity index (χ3n) is 3.95. The Labute approximate surface area is 167 Å². The van der Waals surface area contributed by atoms with Crippen LogP contribution in [0.1, 0.15) is 30.5 Å². The average Bonchev–Trinajstić information content (AvgIpc) is 2.70. The number of hydrogen-bond donors (Lipinski definition) is 2. The molecule has 0 aliphatic carbocycles. The van der Waals surface area contributed by atoms with Gasteiger partial charge >= 0.3 is 0 Å². The number of nitrogens with zero attached hydrogens (tertiary/aromatic N) is 1. The lowest BCUT2D eigenvalue weighted by molar-refractivity contribution is 0.0453. The van der Waals surface area contributed by atoms with E-state index in [1.165, 1.54) is 12.1 Å². The van der Waals surface area contributed by atoms with Crippen LogP contribution >= 0.6 is 0 Å². The van der Waals surface area contributed by atoms with E-state index in [0.29, 0.717) is 45.5 Å². The molecule has 0 saturated heterocycles. The highest BCUT2D eigenvalue weighted by molar-refractivity contribution is 5.79. The van der Waals surface area contributed by atoms with Crippen LogP contribution in [-0.2, 0) is 29.2 Å². The van der Waals surface area contributed by atoms with Gasteiger partial charge in [0.15, 0.2) is 5.96 Å². The molecule has 0 aliphatic heterocycles. The largest absolute Gasteiger partial charge is 0.379 e. The minimum absolute atomic E-state index is 0.235. The number of aliphatic imine (C=N–C) groups is 1. The molecule has 0 heterocycles. The van der Waals surface area contributed by atoms with Crippen LogP contribution in [0.4, 0.5) is 4.39 Å². The summed E-state index contributed by atoms with van der Waals surface area (Å²) in [5, 5.41) is 6.45. The standard InChI is InChI=1S/C22H30FN3O2/c1-3-24-22(26-16-19-8-6-10-21(23)14-19)25-15-18-7-5-9-20(13-18)17-28-12-11-27-4-2/h5-10,13-14H,3-4,11-12,15-17H2,1-2H3,(H2,24,25,26). The number of ether oxygens (including phenoxy) is 2. The molecular formula is C22H30FN3O2. The summed E-state index contributed by atoms with van der Waals surface area (Å²) in [5.41, 5.74) is 3.09. The molecule has 0 saturated carbocycles. The van der Waals surface area contributed by atoms with Crippen molar-refractivity contribution in [3.05, 3.63) is 71.0 Å². The maximum absolute atomic E-state index is 13.3. The van der Waals surface area contributed by atoms with Gasteiger partial charge in [-0.2, -0.15) is 0 Å². The van der Waals surface area contributed by atoms with Gasteiger partial charge in [0.2, 0.25) is 0 Å². The van der Waals surface area contributed by atoms with E-state index in [-0.39, 0.29) is 5.82 Å². The van der Waals surface area contributed by atoms with Gasteiger partial charge in [-0.05, 0) is 42.7 Å². The topological polar surface area (TPSA) is 54.9 Å². The zero-order valence-corrected chi connectivity index (χ0v) is 16.7. The van der Waals surface area contributed by atoms with E-state index in [2.05, 4.69) is 21.7 Å². The summed E-state index contributed by atoms with van der Waals surface area (Å²) in [7, 11) is 0. The van der Waals surface area contributed by atoms with Crippen LogP contribution in [0.3, 0.4) is 0 Å². The molecule has 2 rings (SSSR count). The van der Waals surface area contributed by atoms with Crippen molar-refractivity contribution >= 4 is 5.96 Å². The zero-order chi connectivity index (χ0) is 20.0. The number of nitrogens with one attached hydrogen (secondary N) is 2. The van der Waals surface area contributed by atoms with Crippen molar-refractivity contribution in [3.8, 4) is 0 Å². The molecular weight excluding hydrogens is 357 g/mol. The Morgan fingerprint density at radius 2 is 1.68 bits per heavy atom. The van der Waals surface area contributed by atoms with Gasteiger partial charge < -0.3 is 20.1 Å². The van der Waals surface area contributed by atoms with Crippen molar-refractivity contribution in [2.75, 3.05) is 26.4 Å². The number of guanidine groups is 1. The van der Waals surface area contributed by atoms with E-state index >= 15 is 0 Å². The second-order valence-electron chi connectivity index (χ2n) is 6.25. The van der Waals surface area contributed by atoms with E-state index in [4.69, 9.17) is 9.47 Å². The molecule has 0 unspecified atom stereocenters. The molecule has 0 amide bonds. The molecule has 0 spiro atoms. The van der Waals surface area contributed by atoms with Crippen molar-refractivity contribution in [1.82, 2.24) is 10.6 Å². The van der Waals surface area contributed by atoms with Crippen LogP contribution in [0.25, 0.3) is 0 Å². The van der Waals surface area contributed by atoms with Crippen molar-refractivity contribution in [2.45, 2.75) is 33.5 Å². The SMILES string of the molecule is CCNC(=NCc1cccc(COCCOCC)c1)NCc1cccc(F)c1.